The Hall–Kier alpha value is -0.890. The predicted molar refractivity (Wildman–Crippen MR) is 86.3 cm³/mol. The Kier molecular flexibility index (Phi) is 5.20. The van der Waals surface area contributed by atoms with Crippen LogP contribution in [0, 0.1) is 13.8 Å². The van der Waals surface area contributed by atoms with E-state index in [0.29, 0.717) is 28.3 Å². The van der Waals surface area contributed by atoms with E-state index in [9.17, 15) is 0 Å². The van der Waals surface area contributed by atoms with Gasteiger partial charge in [0.25, 0.3) is 0 Å². The van der Waals surface area contributed by atoms with Crippen molar-refractivity contribution in [1.29, 1.82) is 0 Å². The van der Waals surface area contributed by atoms with Crippen LogP contribution in [0.5, 0.6) is 5.75 Å². The summed E-state index contributed by atoms with van der Waals surface area (Å²) >= 11 is 18.1. The lowest BCUT2D eigenvalue weighted by Crippen LogP contribution is -2.02. The Balaban J connectivity index is 2.27. The molecule has 0 spiro atoms. The first-order valence-electron chi connectivity index (χ1n) is 6.24. The standard InChI is InChI=1S/C16H15Cl3O/c1-10-4-3-5-11(2)14(10)9-20-16-12(8-17)6-13(18)7-15(16)19/h3-7H,8-9H2,1-2H3. The zero-order chi connectivity index (χ0) is 14.7. The molecule has 0 heterocycles. The molecule has 2 rings (SSSR count). The van der Waals surface area contributed by atoms with E-state index in [1.165, 1.54) is 16.7 Å². The lowest BCUT2D eigenvalue weighted by atomic mass is 10.0. The zero-order valence-corrected chi connectivity index (χ0v) is 13.6. The quantitative estimate of drug-likeness (QED) is 0.632. The van der Waals surface area contributed by atoms with Crippen molar-refractivity contribution in [2.24, 2.45) is 0 Å². The van der Waals surface area contributed by atoms with E-state index in [-0.39, 0.29) is 0 Å². The Morgan fingerprint density at radius 2 is 1.70 bits per heavy atom. The number of ether oxygens (including phenoxy) is 1. The fourth-order valence-corrected chi connectivity index (χ4v) is 2.88. The van der Waals surface area contributed by atoms with Gasteiger partial charge in [0, 0.05) is 10.6 Å². The van der Waals surface area contributed by atoms with Crippen LogP contribution in [0.3, 0.4) is 0 Å². The van der Waals surface area contributed by atoms with Crippen LogP contribution in [-0.2, 0) is 12.5 Å². The van der Waals surface area contributed by atoms with E-state index < -0.39 is 0 Å². The Morgan fingerprint density at radius 3 is 2.30 bits per heavy atom. The molecule has 0 atom stereocenters. The van der Waals surface area contributed by atoms with Gasteiger partial charge in [-0.15, -0.1) is 11.6 Å². The summed E-state index contributed by atoms with van der Waals surface area (Å²) in [6.07, 6.45) is 0. The molecular weight excluding hydrogens is 315 g/mol. The number of benzene rings is 2. The highest BCUT2D eigenvalue weighted by atomic mass is 35.5. The van der Waals surface area contributed by atoms with Crippen molar-refractivity contribution in [3.05, 3.63) is 62.6 Å². The van der Waals surface area contributed by atoms with Crippen LogP contribution in [0.4, 0.5) is 0 Å². The molecule has 0 fully saturated rings. The van der Waals surface area contributed by atoms with Crippen LogP contribution in [-0.4, -0.2) is 0 Å². The van der Waals surface area contributed by atoms with Crippen molar-refractivity contribution in [2.75, 3.05) is 0 Å². The van der Waals surface area contributed by atoms with Gasteiger partial charge in [-0.25, -0.2) is 0 Å². The zero-order valence-electron chi connectivity index (χ0n) is 11.3. The monoisotopic (exact) mass is 328 g/mol. The predicted octanol–water partition coefficient (Wildman–Crippen LogP) is 5.93. The van der Waals surface area contributed by atoms with Gasteiger partial charge in [-0.2, -0.15) is 0 Å². The van der Waals surface area contributed by atoms with Crippen molar-refractivity contribution in [2.45, 2.75) is 26.3 Å². The molecule has 0 N–H and O–H groups in total. The van der Waals surface area contributed by atoms with E-state index in [2.05, 4.69) is 26.0 Å². The van der Waals surface area contributed by atoms with E-state index in [0.717, 1.165) is 5.56 Å². The average molecular weight is 330 g/mol. The smallest absolute Gasteiger partial charge is 0.142 e. The molecule has 0 aliphatic heterocycles. The molecule has 0 aliphatic rings. The largest absolute Gasteiger partial charge is 0.487 e. The second-order valence-corrected chi connectivity index (χ2v) is 5.78. The van der Waals surface area contributed by atoms with Crippen LogP contribution in [0.25, 0.3) is 0 Å². The molecule has 0 radical (unpaired) electrons. The molecule has 0 aliphatic carbocycles. The summed E-state index contributed by atoms with van der Waals surface area (Å²) in [5, 5.41) is 1.05. The molecule has 0 bridgehead atoms. The Bertz CT molecular complexity index is 603. The maximum Gasteiger partial charge on any atom is 0.142 e. The van der Waals surface area contributed by atoms with Crippen LogP contribution < -0.4 is 4.74 Å². The summed E-state index contributed by atoms with van der Waals surface area (Å²) in [5.74, 6) is 0.913. The molecule has 1 nitrogen and oxygen atoms in total. The van der Waals surface area contributed by atoms with Crippen molar-refractivity contribution in [3.63, 3.8) is 0 Å². The van der Waals surface area contributed by atoms with Gasteiger partial charge in [-0.1, -0.05) is 41.4 Å². The van der Waals surface area contributed by atoms with Gasteiger partial charge in [-0.05, 0) is 42.7 Å². The number of aryl methyl sites for hydroxylation is 2. The molecule has 106 valence electrons. The van der Waals surface area contributed by atoms with Gasteiger partial charge in [0.15, 0.2) is 0 Å². The molecule has 0 amide bonds. The molecule has 20 heavy (non-hydrogen) atoms. The van der Waals surface area contributed by atoms with Crippen molar-refractivity contribution < 1.29 is 4.74 Å². The maximum atomic E-state index is 6.19. The summed E-state index contributed by atoms with van der Waals surface area (Å²) < 4.78 is 5.89. The second kappa shape index (κ2) is 6.71. The van der Waals surface area contributed by atoms with Crippen LogP contribution in [0.15, 0.2) is 30.3 Å². The highest BCUT2D eigenvalue weighted by Gasteiger charge is 2.11. The molecule has 0 unspecified atom stereocenters. The lowest BCUT2D eigenvalue weighted by Gasteiger charge is -2.15. The van der Waals surface area contributed by atoms with E-state index in [4.69, 9.17) is 39.5 Å². The highest BCUT2D eigenvalue weighted by molar-refractivity contribution is 6.36. The molecule has 0 aromatic heterocycles. The summed E-state index contributed by atoms with van der Waals surface area (Å²) in [7, 11) is 0. The molecule has 2 aromatic rings. The number of rotatable bonds is 4. The van der Waals surface area contributed by atoms with Gasteiger partial charge >= 0.3 is 0 Å². The minimum atomic E-state index is 0.308. The molecule has 0 saturated carbocycles. The number of alkyl halides is 1. The van der Waals surface area contributed by atoms with E-state index in [1.807, 2.05) is 6.07 Å². The SMILES string of the molecule is Cc1cccc(C)c1COc1c(Cl)cc(Cl)cc1CCl. The highest BCUT2D eigenvalue weighted by Crippen LogP contribution is 2.34. The number of hydrogen-bond donors (Lipinski definition) is 0. The number of halogens is 3. The third-order valence-corrected chi connectivity index (χ3v) is 4.02. The topological polar surface area (TPSA) is 9.23 Å². The van der Waals surface area contributed by atoms with Crippen molar-refractivity contribution in [3.8, 4) is 5.75 Å². The van der Waals surface area contributed by atoms with Crippen LogP contribution in [0.1, 0.15) is 22.3 Å². The number of hydrogen-bond acceptors (Lipinski definition) is 1. The fourth-order valence-electron chi connectivity index (χ4n) is 2.10. The van der Waals surface area contributed by atoms with E-state index in [1.54, 1.807) is 12.1 Å². The van der Waals surface area contributed by atoms with Gasteiger partial charge in [0.2, 0.25) is 0 Å². The molecule has 2 aromatic carbocycles. The van der Waals surface area contributed by atoms with Crippen molar-refractivity contribution >= 4 is 34.8 Å². The summed E-state index contributed by atoms with van der Waals surface area (Å²) in [6.45, 7) is 4.60. The normalized spacial score (nSPS) is 10.7. The fraction of sp³-hybridized carbons (Fsp3) is 0.250. The minimum Gasteiger partial charge on any atom is -0.487 e. The third-order valence-electron chi connectivity index (χ3n) is 3.23. The van der Waals surface area contributed by atoms with Gasteiger partial charge < -0.3 is 4.74 Å². The maximum absolute atomic E-state index is 6.19. The summed E-state index contributed by atoms with van der Waals surface area (Å²) in [5.41, 5.74) is 4.36. The van der Waals surface area contributed by atoms with Gasteiger partial charge in [0.1, 0.15) is 12.4 Å². The minimum absolute atomic E-state index is 0.308. The van der Waals surface area contributed by atoms with Crippen LogP contribution in [0.2, 0.25) is 10.0 Å². The summed E-state index contributed by atoms with van der Waals surface area (Å²) in [6, 6.07) is 9.61. The second-order valence-electron chi connectivity index (χ2n) is 4.67. The first-order valence-corrected chi connectivity index (χ1v) is 7.53. The molecule has 0 saturated heterocycles. The first-order chi connectivity index (χ1) is 9.52. The Morgan fingerprint density at radius 1 is 1.05 bits per heavy atom. The molecule has 4 heteroatoms. The van der Waals surface area contributed by atoms with Crippen LogP contribution >= 0.6 is 34.8 Å². The first kappa shape index (κ1) is 15.5. The molecular formula is C16H15Cl3O. The average Bonchev–Trinajstić information content (AvgIpc) is 2.39. The van der Waals surface area contributed by atoms with E-state index >= 15 is 0 Å². The van der Waals surface area contributed by atoms with Gasteiger partial charge in [-0.3, -0.25) is 0 Å². The van der Waals surface area contributed by atoms with Gasteiger partial charge in [0.05, 0.1) is 10.9 Å². The Labute approximate surface area is 134 Å². The summed E-state index contributed by atoms with van der Waals surface area (Å²) in [4.78, 5) is 0. The lowest BCUT2D eigenvalue weighted by molar-refractivity contribution is 0.302. The van der Waals surface area contributed by atoms with Crippen molar-refractivity contribution in [1.82, 2.24) is 0 Å². The third kappa shape index (κ3) is 3.41.